The third-order valence-corrected chi connectivity index (χ3v) is 4.99. The largest absolute Gasteiger partial charge is 0.444 e. The maximum atomic E-state index is 13.3. The molecule has 0 spiro atoms. The van der Waals surface area contributed by atoms with Gasteiger partial charge in [-0.05, 0) is 35.9 Å². The van der Waals surface area contributed by atoms with Crippen molar-refractivity contribution < 1.29 is 18.7 Å². The van der Waals surface area contributed by atoms with Crippen LogP contribution in [-0.2, 0) is 23.2 Å². The van der Waals surface area contributed by atoms with E-state index in [1.165, 1.54) is 35.4 Å². The molecular formula is C25H24FN7O3. The summed E-state index contributed by atoms with van der Waals surface area (Å²) in [5, 5.41) is 10.0. The fourth-order valence-electron chi connectivity index (χ4n) is 3.22. The number of nitrogens with one attached hydrogen (secondary N) is 2. The highest BCUT2D eigenvalue weighted by molar-refractivity contribution is 5.97. The predicted octanol–water partition coefficient (Wildman–Crippen LogP) is 4.92. The minimum Gasteiger partial charge on any atom is -0.444 e. The third-order valence-electron chi connectivity index (χ3n) is 4.99. The lowest BCUT2D eigenvalue weighted by Gasteiger charge is -2.22. The summed E-state index contributed by atoms with van der Waals surface area (Å²) in [6.07, 6.45) is 2.85. The van der Waals surface area contributed by atoms with Gasteiger partial charge in [0.05, 0.1) is 5.69 Å². The van der Waals surface area contributed by atoms with E-state index in [1.807, 2.05) is 0 Å². The molecule has 4 rings (SSSR count). The lowest BCUT2D eigenvalue weighted by molar-refractivity contribution is -0.115. The van der Waals surface area contributed by atoms with E-state index in [1.54, 1.807) is 61.2 Å². The lowest BCUT2D eigenvalue weighted by atomic mass is 10.2. The van der Waals surface area contributed by atoms with Crippen LogP contribution in [0.1, 0.15) is 18.9 Å². The number of anilines is 5. The minimum atomic E-state index is -0.722. The quantitative estimate of drug-likeness (QED) is 0.361. The smallest absolute Gasteiger partial charge is 0.420 e. The van der Waals surface area contributed by atoms with Gasteiger partial charge in [0.25, 0.3) is 0 Å². The van der Waals surface area contributed by atoms with Crippen LogP contribution < -0.4 is 15.5 Å². The molecule has 2 amide bonds. The number of carbonyl (C=O) groups excluding carboxylic acids is 2. The molecule has 0 aliphatic heterocycles. The fraction of sp³-hybridized carbons (Fsp3) is 0.160. The first-order chi connectivity index (χ1) is 17.4. The normalized spacial score (nSPS) is 10.5. The number of hydrogen-bond donors (Lipinski definition) is 2. The molecule has 4 aromatic rings. The van der Waals surface area contributed by atoms with Crippen molar-refractivity contribution in [2.24, 2.45) is 7.05 Å². The number of hydrogen-bond acceptors (Lipinski definition) is 7. The van der Waals surface area contributed by atoms with Crippen molar-refractivity contribution in [2.45, 2.75) is 20.0 Å². The Hall–Kier alpha value is -4.80. The maximum Gasteiger partial charge on any atom is 0.420 e. The second-order valence-electron chi connectivity index (χ2n) is 7.71. The fourth-order valence-corrected chi connectivity index (χ4v) is 3.22. The van der Waals surface area contributed by atoms with Gasteiger partial charge in [0.2, 0.25) is 11.9 Å². The predicted molar refractivity (Wildman–Crippen MR) is 133 cm³/mol. The van der Waals surface area contributed by atoms with Gasteiger partial charge in [0, 0.05) is 43.7 Å². The molecule has 0 aliphatic rings. The highest BCUT2D eigenvalue weighted by Gasteiger charge is 2.22. The molecule has 0 saturated heterocycles. The average Bonchev–Trinajstić information content (AvgIpc) is 3.28. The summed E-state index contributed by atoms with van der Waals surface area (Å²) < 4.78 is 20.4. The number of nitrogens with zero attached hydrogens (tertiary/aromatic N) is 5. The Morgan fingerprint density at radius 3 is 2.64 bits per heavy atom. The molecule has 0 saturated carbocycles. The lowest BCUT2D eigenvalue weighted by Crippen LogP contribution is -2.28. The van der Waals surface area contributed by atoms with Crippen molar-refractivity contribution in [1.82, 2.24) is 19.7 Å². The molecule has 0 bridgehead atoms. The standard InChI is InChI=1S/C25H24FN7O3/c1-3-23(34)28-19-5-4-6-20(15-19)33(25(35)36-16-17-7-9-18(26)10-8-17)22-11-13-27-24(30-22)29-21-12-14-32(2)31-21/h4-15H,3,16H2,1-2H3,(H,28,34)(H,27,29,30,31). The van der Waals surface area contributed by atoms with Crippen LogP contribution in [0.25, 0.3) is 0 Å². The Bertz CT molecular complexity index is 1360. The Morgan fingerprint density at radius 1 is 1.11 bits per heavy atom. The first kappa shape index (κ1) is 24.3. The van der Waals surface area contributed by atoms with Gasteiger partial charge >= 0.3 is 6.09 Å². The molecule has 0 unspecified atom stereocenters. The number of halogens is 1. The summed E-state index contributed by atoms with van der Waals surface area (Å²) in [5.41, 5.74) is 1.54. The van der Waals surface area contributed by atoms with Gasteiger partial charge < -0.3 is 15.4 Å². The number of aromatic nitrogens is 4. The van der Waals surface area contributed by atoms with E-state index in [2.05, 4.69) is 25.7 Å². The van der Waals surface area contributed by atoms with E-state index in [4.69, 9.17) is 4.74 Å². The van der Waals surface area contributed by atoms with Gasteiger partial charge in [-0.2, -0.15) is 10.1 Å². The van der Waals surface area contributed by atoms with E-state index in [-0.39, 0.29) is 30.1 Å². The van der Waals surface area contributed by atoms with Gasteiger partial charge in [-0.3, -0.25) is 9.48 Å². The van der Waals surface area contributed by atoms with Crippen molar-refractivity contribution in [3.05, 3.63) is 84.4 Å². The van der Waals surface area contributed by atoms with Crippen molar-refractivity contribution in [1.29, 1.82) is 0 Å². The van der Waals surface area contributed by atoms with E-state index in [0.29, 0.717) is 29.2 Å². The highest BCUT2D eigenvalue weighted by Crippen LogP contribution is 2.28. The Kier molecular flexibility index (Phi) is 7.49. The molecular weight excluding hydrogens is 465 g/mol. The Balaban J connectivity index is 1.64. The van der Waals surface area contributed by atoms with Gasteiger partial charge in [0.15, 0.2) is 5.82 Å². The minimum absolute atomic E-state index is 0.0774. The molecule has 0 aliphatic carbocycles. The van der Waals surface area contributed by atoms with Crippen molar-refractivity contribution in [3.63, 3.8) is 0 Å². The number of ether oxygens (including phenoxy) is 1. The summed E-state index contributed by atoms with van der Waals surface area (Å²) in [6, 6.07) is 15.7. The molecule has 2 heterocycles. The van der Waals surface area contributed by atoms with Crippen LogP contribution in [0.2, 0.25) is 0 Å². The van der Waals surface area contributed by atoms with E-state index in [0.717, 1.165) is 0 Å². The van der Waals surface area contributed by atoms with Gasteiger partial charge in [-0.15, -0.1) is 0 Å². The van der Waals surface area contributed by atoms with Gasteiger partial charge in [-0.1, -0.05) is 25.1 Å². The SMILES string of the molecule is CCC(=O)Nc1cccc(N(C(=O)OCc2ccc(F)cc2)c2ccnc(Nc3ccn(C)n3)n2)c1. The van der Waals surface area contributed by atoms with Crippen LogP contribution in [0.5, 0.6) is 0 Å². The molecule has 2 N–H and O–H groups in total. The van der Waals surface area contributed by atoms with Crippen LogP contribution in [0.3, 0.4) is 0 Å². The zero-order valence-corrected chi connectivity index (χ0v) is 19.7. The summed E-state index contributed by atoms with van der Waals surface area (Å²) in [4.78, 5) is 35.1. The molecule has 11 heteroatoms. The summed E-state index contributed by atoms with van der Waals surface area (Å²) in [6.45, 7) is 1.67. The zero-order valence-electron chi connectivity index (χ0n) is 19.7. The molecule has 2 aromatic carbocycles. The van der Waals surface area contributed by atoms with Crippen LogP contribution >= 0.6 is 0 Å². The Morgan fingerprint density at radius 2 is 1.92 bits per heavy atom. The van der Waals surface area contributed by atoms with Gasteiger partial charge in [0.1, 0.15) is 18.2 Å². The van der Waals surface area contributed by atoms with Crippen molar-refractivity contribution in [2.75, 3.05) is 15.5 Å². The van der Waals surface area contributed by atoms with Crippen LogP contribution in [-0.4, -0.2) is 31.7 Å². The van der Waals surface area contributed by atoms with Crippen molar-refractivity contribution in [3.8, 4) is 0 Å². The van der Waals surface area contributed by atoms with E-state index in [9.17, 15) is 14.0 Å². The molecule has 2 aromatic heterocycles. The highest BCUT2D eigenvalue weighted by atomic mass is 19.1. The third kappa shape index (κ3) is 6.20. The zero-order chi connectivity index (χ0) is 25.5. The second-order valence-corrected chi connectivity index (χ2v) is 7.71. The second kappa shape index (κ2) is 11.1. The molecule has 0 atom stereocenters. The monoisotopic (exact) mass is 489 g/mol. The Labute approximate surface area is 206 Å². The molecule has 0 fully saturated rings. The van der Waals surface area contributed by atoms with E-state index < -0.39 is 6.09 Å². The van der Waals surface area contributed by atoms with Crippen LogP contribution in [0.4, 0.5) is 38.1 Å². The number of carbonyl (C=O) groups is 2. The topological polar surface area (TPSA) is 114 Å². The first-order valence-electron chi connectivity index (χ1n) is 11.1. The summed E-state index contributed by atoms with van der Waals surface area (Å²) in [5.74, 6) is 0.432. The summed E-state index contributed by atoms with van der Waals surface area (Å²) >= 11 is 0. The number of amides is 2. The molecule has 10 nitrogen and oxygen atoms in total. The maximum absolute atomic E-state index is 13.3. The van der Waals surface area contributed by atoms with Crippen molar-refractivity contribution >= 4 is 41.0 Å². The molecule has 184 valence electrons. The number of rotatable bonds is 8. The first-order valence-corrected chi connectivity index (χ1v) is 11.1. The van der Waals surface area contributed by atoms with Crippen LogP contribution in [0.15, 0.2) is 73.1 Å². The van der Waals surface area contributed by atoms with Crippen LogP contribution in [0, 0.1) is 5.82 Å². The molecule has 0 radical (unpaired) electrons. The number of aryl methyl sites for hydroxylation is 1. The average molecular weight is 490 g/mol. The van der Waals surface area contributed by atoms with E-state index >= 15 is 0 Å². The van der Waals surface area contributed by atoms with Gasteiger partial charge in [-0.25, -0.2) is 19.1 Å². The molecule has 36 heavy (non-hydrogen) atoms. The summed E-state index contributed by atoms with van der Waals surface area (Å²) in [7, 11) is 1.78. The number of benzene rings is 2.